The molecule has 0 saturated heterocycles. The van der Waals surface area contributed by atoms with E-state index in [4.69, 9.17) is 9.25 Å². The zero-order valence-electron chi connectivity index (χ0n) is 12.6. The highest BCUT2D eigenvalue weighted by atomic mass is 16.7. The van der Waals surface area contributed by atoms with Crippen molar-refractivity contribution < 1.29 is 18.8 Å². The van der Waals surface area contributed by atoms with Crippen molar-refractivity contribution in [2.45, 2.75) is 45.4 Å². The quantitative estimate of drug-likeness (QED) is 0.776. The first-order chi connectivity index (χ1) is 10.6. The predicted molar refractivity (Wildman–Crippen MR) is 77.1 cm³/mol. The minimum absolute atomic E-state index is 0.117. The maximum atomic E-state index is 12.5. The second kappa shape index (κ2) is 6.04. The fraction of sp³-hybridized carbons (Fsp3) is 0.562. The summed E-state index contributed by atoms with van der Waals surface area (Å²) in [5.41, 5.74) is 0.486. The molecule has 22 heavy (non-hydrogen) atoms. The molecule has 1 aromatic rings. The van der Waals surface area contributed by atoms with Crippen molar-refractivity contribution in [2.24, 2.45) is 5.92 Å². The average Bonchev–Trinajstić information content (AvgIpc) is 2.40. The molecule has 6 nitrogen and oxygen atoms in total. The summed E-state index contributed by atoms with van der Waals surface area (Å²) in [6.45, 7) is 1.93. The highest BCUT2D eigenvalue weighted by Gasteiger charge is 2.36. The molecule has 6 heteroatoms. The molecule has 1 saturated carbocycles. The molecule has 0 atom stereocenters. The number of rotatable bonds is 5. The van der Waals surface area contributed by atoms with Crippen molar-refractivity contribution in [3.8, 4) is 0 Å². The second-order valence-electron chi connectivity index (χ2n) is 5.81. The molecule has 2 aliphatic rings. The third-order valence-electron chi connectivity index (χ3n) is 4.36. The first kappa shape index (κ1) is 15.0. The Balaban J connectivity index is 1.92. The number of hydrogen-bond donors (Lipinski definition) is 0. The normalized spacial score (nSPS) is 18.3. The highest BCUT2D eigenvalue weighted by molar-refractivity contribution is 6.08. The fourth-order valence-electron chi connectivity index (χ4n) is 3.00. The van der Waals surface area contributed by atoms with Gasteiger partial charge in [0.25, 0.3) is 11.8 Å². The summed E-state index contributed by atoms with van der Waals surface area (Å²) >= 11 is 0. The minimum atomic E-state index is -0.527. The van der Waals surface area contributed by atoms with Gasteiger partial charge in [-0.3, -0.25) is 14.4 Å². The lowest BCUT2D eigenvalue weighted by molar-refractivity contribution is -0.169. The zero-order chi connectivity index (χ0) is 15.7. The largest absolute Gasteiger partial charge is 0.426 e. The maximum absolute atomic E-state index is 12.5. The van der Waals surface area contributed by atoms with E-state index in [1.165, 1.54) is 25.3 Å². The van der Waals surface area contributed by atoms with Crippen molar-refractivity contribution >= 4 is 11.8 Å². The van der Waals surface area contributed by atoms with Gasteiger partial charge < -0.3 is 4.42 Å². The summed E-state index contributed by atoms with van der Waals surface area (Å²) in [4.78, 5) is 41.2. The number of hydroxylamine groups is 2. The van der Waals surface area contributed by atoms with Crippen LogP contribution < -0.4 is 5.63 Å². The Kier molecular flexibility index (Phi) is 4.11. The third kappa shape index (κ3) is 2.70. The molecular formula is C16H19NO5. The molecular weight excluding hydrogens is 286 g/mol. The van der Waals surface area contributed by atoms with E-state index in [2.05, 4.69) is 0 Å². The van der Waals surface area contributed by atoms with Gasteiger partial charge in [-0.25, -0.2) is 4.79 Å². The second-order valence-corrected chi connectivity index (χ2v) is 5.81. The standard InChI is InChI=1S/C16H19NO5/c1-2-21-17-13(18)9-12-15(16(17)20)11(8-14(19)22-12)7-6-10-4-3-5-10/h8,10H,2-7,9H2,1H3. The van der Waals surface area contributed by atoms with Crippen LogP contribution in [0.15, 0.2) is 15.3 Å². The molecule has 1 fully saturated rings. The molecule has 118 valence electrons. The van der Waals surface area contributed by atoms with Gasteiger partial charge in [-0.05, 0) is 31.2 Å². The Morgan fingerprint density at radius 3 is 2.73 bits per heavy atom. The van der Waals surface area contributed by atoms with Crippen LogP contribution in [-0.2, 0) is 22.5 Å². The molecule has 1 aliphatic heterocycles. The average molecular weight is 305 g/mol. The van der Waals surface area contributed by atoms with Crippen LogP contribution in [0.4, 0.5) is 0 Å². The predicted octanol–water partition coefficient (Wildman–Crippen LogP) is 1.85. The molecule has 2 heterocycles. The van der Waals surface area contributed by atoms with Gasteiger partial charge in [0, 0.05) is 6.07 Å². The van der Waals surface area contributed by atoms with Crippen LogP contribution in [-0.4, -0.2) is 23.5 Å². The van der Waals surface area contributed by atoms with Crippen molar-refractivity contribution in [2.75, 3.05) is 6.61 Å². The van der Waals surface area contributed by atoms with Crippen molar-refractivity contribution in [3.05, 3.63) is 33.4 Å². The maximum Gasteiger partial charge on any atom is 0.336 e. The number of hydrogen-bond acceptors (Lipinski definition) is 5. The molecule has 1 aliphatic carbocycles. The number of carbonyl (C=O) groups excluding carboxylic acids is 2. The summed E-state index contributed by atoms with van der Waals surface area (Å²) in [6, 6.07) is 1.37. The summed E-state index contributed by atoms with van der Waals surface area (Å²) in [6.07, 6.45) is 5.16. The van der Waals surface area contributed by atoms with E-state index in [0.717, 1.165) is 11.5 Å². The van der Waals surface area contributed by atoms with E-state index >= 15 is 0 Å². The Morgan fingerprint density at radius 2 is 2.09 bits per heavy atom. The molecule has 0 radical (unpaired) electrons. The van der Waals surface area contributed by atoms with Gasteiger partial charge >= 0.3 is 5.63 Å². The summed E-state index contributed by atoms with van der Waals surface area (Å²) in [5, 5.41) is 0.787. The van der Waals surface area contributed by atoms with E-state index < -0.39 is 17.4 Å². The van der Waals surface area contributed by atoms with Gasteiger partial charge in [-0.1, -0.05) is 19.3 Å². The van der Waals surface area contributed by atoms with Crippen LogP contribution in [0.1, 0.15) is 54.3 Å². The summed E-state index contributed by atoms with van der Waals surface area (Å²) < 4.78 is 5.08. The van der Waals surface area contributed by atoms with Crippen LogP contribution in [0, 0.1) is 5.92 Å². The van der Waals surface area contributed by atoms with E-state index in [0.29, 0.717) is 23.5 Å². The molecule has 0 aromatic carbocycles. The van der Waals surface area contributed by atoms with Crippen molar-refractivity contribution in [1.82, 2.24) is 5.06 Å². The molecule has 1 aromatic heterocycles. The van der Waals surface area contributed by atoms with Gasteiger partial charge in [0.1, 0.15) is 5.76 Å². The number of carbonyl (C=O) groups is 2. The van der Waals surface area contributed by atoms with Gasteiger partial charge in [-0.2, -0.15) is 0 Å². The topological polar surface area (TPSA) is 76.8 Å². The first-order valence-corrected chi connectivity index (χ1v) is 7.76. The third-order valence-corrected chi connectivity index (χ3v) is 4.36. The lowest BCUT2D eigenvalue weighted by Gasteiger charge is -2.27. The van der Waals surface area contributed by atoms with E-state index in [1.54, 1.807) is 6.92 Å². The fourth-order valence-corrected chi connectivity index (χ4v) is 3.00. The highest BCUT2D eigenvalue weighted by Crippen LogP contribution is 2.32. The smallest absolute Gasteiger partial charge is 0.336 e. The monoisotopic (exact) mass is 305 g/mol. The molecule has 0 spiro atoms. The summed E-state index contributed by atoms with van der Waals surface area (Å²) in [5.74, 6) is -0.188. The SMILES string of the molecule is CCON1C(=O)Cc2oc(=O)cc(CCC3CCC3)c2C1=O. The lowest BCUT2D eigenvalue weighted by Crippen LogP contribution is -2.43. The van der Waals surface area contributed by atoms with Crippen molar-refractivity contribution in [1.29, 1.82) is 0 Å². The number of imide groups is 1. The van der Waals surface area contributed by atoms with E-state index in [1.807, 2.05) is 0 Å². The Hall–Kier alpha value is -1.95. The van der Waals surface area contributed by atoms with Crippen LogP contribution in [0.25, 0.3) is 0 Å². The van der Waals surface area contributed by atoms with Crippen molar-refractivity contribution in [3.63, 3.8) is 0 Å². The molecule has 3 rings (SSSR count). The number of aryl methyl sites for hydroxylation is 1. The number of amides is 2. The molecule has 0 unspecified atom stereocenters. The van der Waals surface area contributed by atoms with Crippen LogP contribution in [0.3, 0.4) is 0 Å². The number of fused-ring (bicyclic) bond motifs is 1. The van der Waals surface area contributed by atoms with Crippen LogP contribution in [0.5, 0.6) is 0 Å². The van der Waals surface area contributed by atoms with Gasteiger partial charge in [0.2, 0.25) is 0 Å². The Morgan fingerprint density at radius 1 is 1.32 bits per heavy atom. The van der Waals surface area contributed by atoms with Gasteiger partial charge in [0.15, 0.2) is 0 Å². The molecule has 0 bridgehead atoms. The molecule has 2 amide bonds. The van der Waals surface area contributed by atoms with E-state index in [-0.39, 0.29) is 18.8 Å². The number of nitrogens with zero attached hydrogens (tertiary/aromatic N) is 1. The summed E-state index contributed by atoms with van der Waals surface area (Å²) in [7, 11) is 0. The zero-order valence-corrected chi connectivity index (χ0v) is 12.6. The minimum Gasteiger partial charge on any atom is -0.426 e. The van der Waals surface area contributed by atoms with Crippen LogP contribution in [0.2, 0.25) is 0 Å². The lowest BCUT2D eigenvalue weighted by atomic mass is 9.81. The van der Waals surface area contributed by atoms with E-state index in [9.17, 15) is 14.4 Å². The van der Waals surface area contributed by atoms with Gasteiger partial charge in [0.05, 0.1) is 18.6 Å². The Labute approximate surface area is 128 Å². The van der Waals surface area contributed by atoms with Crippen LogP contribution >= 0.6 is 0 Å². The molecule has 0 N–H and O–H groups in total. The van der Waals surface area contributed by atoms with Gasteiger partial charge in [-0.15, -0.1) is 5.06 Å². The first-order valence-electron chi connectivity index (χ1n) is 7.76. The Bertz CT molecular complexity index is 659.